The van der Waals surface area contributed by atoms with Gasteiger partial charge in [-0.25, -0.2) is 0 Å². The van der Waals surface area contributed by atoms with E-state index in [0.717, 1.165) is 40.9 Å². The molecule has 1 amide bonds. The maximum Gasteiger partial charge on any atom is 0.251 e. The molecule has 0 radical (unpaired) electrons. The van der Waals surface area contributed by atoms with Crippen LogP contribution in [0.1, 0.15) is 41.8 Å². The maximum atomic E-state index is 12.0. The quantitative estimate of drug-likeness (QED) is 0.528. The number of pyridine rings is 1. The standard InChI is InChI=1S/C21H24N4O/c1-14(2)7-9-23-12-17(11-22)18-4-3-8-24-20(18)15-5-6-16-13-25-21(26)19(16)10-15/h3-6,8,10-12,14,22-23H,7,9,13H2,1-2H3,(H,25,26)/b17-12+,22-11?. The van der Waals surface area contributed by atoms with Crippen molar-refractivity contribution in [3.63, 3.8) is 0 Å². The van der Waals surface area contributed by atoms with Gasteiger partial charge in [-0.3, -0.25) is 9.78 Å². The highest BCUT2D eigenvalue weighted by atomic mass is 16.1. The zero-order valence-corrected chi connectivity index (χ0v) is 15.2. The highest BCUT2D eigenvalue weighted by Gasteiger charge is 2.20. The van der Waals surface area contributed by atoms with Crippen LogP contribution in [0, 0.1) is 11.3 Å². The van der Waals surface area contributed by atoms with Gasteiger partial charge in [0.15, 0.2) is 0 Å². The van der Waals surface area contributed by atoms with Crippen LogP contribution in [0.2, 0.25) is 0 Å². The third-order valence-electron chi connectivity index (χ3n) is 4.47. The topological polar surface area (TPSA) is 77.9 Å². The Hall–Kier alpha value is -2.95. The van der Waals surface area contributed by atoms with Gasteiger partial charge in [0.25, 0.3) is 5.91 Å². The van der Waals surface area contributed by atoms with E-state index in [4.69, 9.17) is 5.41 Å². The van der Waals surface area contributed by atoms with Gasteiger partial charge in [-0.1, -0.05) is 32.0 Å². The predicted octanol–water partition coefficient (Wildman–Crippen LogP) is 3.62. The molecule has 1 aliphatic rings. The van der Waals surface area contributed by atoms with Gasteiger partial charge < -0.3 is 16.0 Å². The first-order valence-corrected chi connectivity index (χ1v) is 8.91. The number of nitrogens with one attached hydrogen (secondary N) is 3. The number of allylic oxidation sites excluding steroid dienone is 1. The second-order valence-electron chi connectivity index (χ2n) is 6.83. The van der Waals surface area contributed by atoms with E-state index in [1.807, 2.05) is 36.5 Å². The molecule has 0 saturated heterocycles. The molecular formula is C21H24N4O. The lowest BCUT2D eigenvalue weighted by atomic mass is 9.97. The summed E-state index contributed by atoms with van der Waals surface area (Å²) in [5, 5.41) is 13.9. The van der Waals surface area contributed by atoms with Crippen molar-refractivity contribution in [3.05, 3.63) is 59.4 Å². The number of benzene rings is 1. The lowest BCUT2D eigenvalue weighted by Crippen LogP contribution is -2.12. The highest BCUT2D eigenvalue weighted by molar-refractivity contribution is 6.10. The SMILES string of the molecule is CC(C)CCN/C=C(\C=N)c1cccnc1-c1ccc2c(c1)C(=O)NC2. The molecule has 0 unspecified atom stereocenters. The summed E-state index contributed by atoms with van der Waals surface area (Å²) in [5.74, 6) is 0.586. The summed E-state index contributed by atoms with van der Waals surface area (Å²) in [7, 11) is 0. The first-order valence-electron chi connectivity index (χ1n) is 8.91. The third-order valence-corrected chi connectivity index (χ3v) is 4.47. The molecule has 5 nitrogen and oxygen atoms in total. The van der Waals surface area contributed by atoms with E-state index < -0.39 is 0 Å². The van der Waals surface area contributed by atoms with Gasteiger partial charge in [0.1, 0.15) is 0 Å². The number of carbonyl (C=O) groups excluding carboxylic acids is 1. The number of nitrogens with zero attached hydrogens (tertiary/aromatic N) is 1. The molecular weight excluding hydrogens is 324 g/mol. The Kier molecular flexibility index (Phi) is 5.46. The first kappa shape index (κ1) is 17.9. The summed E-state index contributed by atoms with van der Waals surface area (Å²) in [6.45, 7) is 5.82. The first-order chi connectivity index (χ1) is 12.6. The molecule has 1 aliphatic heterocycles. The summed E-state index contributed by atoms with van der Waals surface area (Å²) in [4.78, 5) is 16.5. The van der Waals surface area contributed by atoms with Crippen molar-refractivity contribution >= 4 is 17.7 Å². The molecule has 0 spiro atoms. The Morgan fingerprint density at radius 3 is 3.00 bits per heavy atom. The molecule has 0 atom stereocenters. The van der Waals surface area contributed by atoms with Gasteiger partial charge in [-0.15, -0.1) is 0 Å². The molecule has 1 aromatic heterocycles. The van der Waals surface area contributed by atoms with Crippen LogP contribution in [0.15, 0.2) is 42.7 Å². The molecule has 5 heteroatoms. The van der Waals surface area contributed by atoms with Crippen LogP contribution in [0.3, 0.4) is 0 Å². The van der Waals surface area contributed by atoms with E-state index in [-0.39, 0.29) is 5.91 Å². The summed E-state index contributed by atoms with van der Waals surface area (Å²) in [6.07, 6.45) is 6.01. The second-order valence-corrected chi connectivity index (χ2v) is 6.83. The van der Waals surface area contributed by atoms with Crippen LogP contribution in [0.4, 0.5) is 0 Å². The van der Waals surface area contributed by atoms with Crippen LogP contribution in [-0.4, -0.2) is 23.7 Å². The zero-order valence-electron chi connectivity index (χ0n) is 15.2. The van der Waals surface area contributed by atoms with E-state index in [1.54, 1.807) is 6.20 Å². The molecule has 0 bridgehead atoms. The highest BCUT2D eigenvalue weighted by Crippen LogP contribution is 2.29. The zero-order chi connectivity index (χ0) is 18.5. The Bertz CT molecular complexity index is 855. The van der Waals surface area contributed by atoms with Crippen molar-refractivity contribution in [3.8, 4) is 11.3 Å². The van der Waals surface area contributed by atoms with Gasteiger partial charge in [0, 0.05) is 54.0 Å². The van der Waals surface area contributed by atoms with Crippen molar-refractivity contribution in [1.29, 1.82) is 5.41 Å². The average molecular weight is 348 g/mol. The van der Waals surface area contributed by atoms with E-state index >= 15 is 0 Å². The minimum Gasteiger partial charge on any atom is -0.390 e. The van der Waals surface area contributed by atoms with Crippen LogP contribution in [-0.2, 0) is 6.54 Å². The Balaban J connectivity index is 1.93. The molecule has 3 N–H and O–H groups in total. The Labute approximate surface area is 154 Å². The summed E-state index contributed by atoms with van der Waals surface area (Å²) in [5.41, 5.74) is 5.00. The molecule has 0 fully saturated rings. The molecule has 134 valence electrons. The van der Waals surface area contributed by atoms with Crippen molar-refractivity contribution < 1.29 is 4.79 Å². The van der Waals surface area contributed by atoms with Crippen molar-refractivity contribution in [2.24, 2.45) is 5.92 Å². The lowest BCUT2D eigenvalue weighted by Gasteiger charge is -2.11. The molecule has 1 aromatic carbocycles. The third kappa shape index (κ3) is 3.82. The Morgan fingerprint density at radius 1 is 1.38 bits per heavy atom. The fourth-order valence-corrected chi connectivity index (χ4v) is 2.98. The van der Waals surface area contributed by atoms with Gasteiger partial charge in [-0.05, 0) is 30.0 Å². The lowest BCUT2D eigenvalue weighted by molar-refractivity contribution is 0.0966. The number of amides is 1. The van der Waals surface area contributed by atoms with E-state index in [0.29, 0.717) is 18.0 Å². The Morgan fingerprint density at radius 2 is 2.23 bits per heavy atom. The van der Waals surface area contributed by atoms with Gasteiger partial charge in [0.2, 0.25) is 0 Å². The number of hydrogen-bond acceptors (Lipinski definition) is 4. The van der Waals surface area contributed by atoms with Crippen LogP contribution >= 0.6 is 0 Å². The van der Waals surface area contributed by atoms with Crippen molar-refractivity contribution in [2.75, 3.05) is 6.54 Å². The fraction of sp³-hybridized carbons (Fsp3) is 0.286. The predicted molar refractivity (Wildman–Crippen MR) is 105 cm³/mol. The van der Waals surface area contributed by atoms with Gasteiger partial charge in [-0.2, -0.15) is 0 Å². The fourth-order valence-electron chi connectivity index (χ4n) is 2.98. The largest absolute Gasteiger partial charge is 0.390 e. The smallest absolute Gasteiger partial charge is 0.251 e. The van der Waals surface area contributed by atoms with E-state index in [9.17, 15) is 4.79 Å². The molecule has 3 rings (SSSR count). The van der Waals surface area contributed by atoms with Crippen molar-refractivity contribution in [2.45, 2.75) is 26.8 Å². The van der Waals surface area contributed by atoms with Crippen LogP contribution in [0.5, 0.6) is 0 Å². The second kappa shape index (κ2) is 7.95. The number of hydrogen-bond donors (Lipinski definition) is 3. The number of carbonyl (C=O) groups is 1. The number of rotatable bonds is 7. The minimum atomic E-state index is -0.0440. The summed E-state index contributed by atoms with van der Waals surface area (Å²) >= 11 is 0. The number of aromatic nitrogens is 1. The van der Waals surface area contributed by atoms with Crippen LogP contribution in [0.25, 0.3) is 16.8 Å². The minimum absolute atomic E-state index is 0.0440. The number of fused-ring (bicyclic) bond motifs is 1. The molecule has 0 aliphatic carbocycles. The maximum absolute atomic E-state index is 12.0. The normalized spacial score (nSPS) is 13.5. The van der Waals surface area contributed by atoms with E-state index in [1.165, 1.54) is 6.21 Å². The average Bonchev–Trinajstić information content (AvgIpc) is 3.02. The van der Waals surface area contributed by atoms with Crippen LogP contribution < -0.4 is 10.6 Å². The molecule has 0 saturated carbocycles. The summed E-state index contributed by atoms with van der Waals surface area (Å²) in [6, 6.07) is 9.66. The van der Waals surface area contributed by atoms with Crippen molar-refractivity contribution in [1.82, 2.24) is 15.6 Å². The monoisotopic (exact) mass is 348 g/mol. The van der Waals surface area contributed by atoms with E-state index in [2.05, 4.69) is 29.5 Å². The molecule has 2 aromatic rings. The summed E-state index contributed by atoms with van der Waals surface area (Å²) < 4.78 is 0. The van der Waals surface area contributed by atoms with Gasteiger partial charge >= 0.3 is 0 Å². The van der Waals surface area contributed by atoms with Gasteiger partial charge in [0.05, 0.1) is 5.69 Å². The molecule has 26 heavy (non-hydrogen) atoms. The molecule has 2 heterocycles.